The first-order valence-corrected chi connectivity index (χ1v) is 11.3. The molecule has 3 amide bonds. The molecule has 4 rings (SSSR count). The van der Waals surface area contributed by atoms with Crippen molar-refractivity contribution in [3.8, 4) is 0 Å². The normalized spacial score (nSPS) is 18.9. The summed E-state index contributed by atoms with van der Waals surface area (Å²) in [6, 6.07) is 8.45. The van der Waals surface area contributed by atoms with Gasteiger partial charge in [0.15, 0.2) is 0 Å². The van der Waals surface area contributed by atoms with Crippen LogP contribution in [0.15, 0.2) is 47.5 Å². The fourth-order valence-electron chi connectivity index (χ4n) is 3.93. The lowest BCUT2D eigenvalue weighted by atomic mass is 10.0. The van der Waals surface area contributed by atoms with Gasteiger partial charge in [-0.15, -0.1) is 0 Å². The number of benzene rings is 1. The molecular weight excluding hydrogens is 455 g/mol. The van der Waals surface area contributed by atoms with E-state index in [1.165, 1.54) is 29.2 Å². The Labute approximate surface area is 193 Å². The summed E-state index contributed by atoms with van der Waals surface area (Å²) in [6.07, 6.45) is 1.69. The molecule has 2 aliphatic heterocycles. The first-order valence-electron chi connectivity index (χ1n) is 10.5. The van der Waals surface area contributed by atoms with E-state index in [0.717, 1.165) is 42.5 Å². The second-order valence-electron chi connectivity index (χ2n) is 8.37. The number of alkyl halides is 3. The maximum atomic E-state index is 13.2. The van der Waals surface area contributed by atoms with Crippen molar-refractivity contribution >= 4 is 35.2 Å². The van der Waals surface area contributed by atoms with E-state index in [2.05, 4.69) is 15.2 Å². The Balaban J connectivity index is 1.54. The molecule has 3 heterocycles. The zero-order valence-electron chi connectivity index (χ0n) is 18.2. The predicted molar refractivity (Wildman–Crippen MR) is 120 cm³/mol. The van der Waals surface area contributed by atoms with Crippen molar-refractivity contribution in [1.29, 1.82) is 0 Å². The number of urea groups is 1. The highest BCUT2D eigenvalue weighted by Crippen LogP contribution is 2.39. The second-order valence-corrected chi connectivity index (χ2v) is 9.51. The summed E-state index contributed by atoms with van der Waals surface area (Å²) < 4.78 is 37.8. The van der Waals surface area contributed by atoms with Gasteiger partial charge in [0.2, 0.25) is 0 Å². The van der Waals surface area contributed by atoms with Gasteiger partial charge in [-0.3, -0.25) is 4.79 Å². The number of anilines is 2. The molecule has 2 aliphatic rings. The molecule has 0 saturated carbocycles. The van der Waals surface area contributed by atoms with Gasteiger partial charge in [-0.25, -0.2) is 14.7 Å². The number of amides is 3. The number of nitrogens with zero attached hydrogens (tertiary/aromatic N) is 4. The smallest absolute Gasteiger partial charge is 0.354 e. The first kappa shape index (κ1) is 23.4. The number of piperazine rings is 1. The van der Waals surface area contributed by atoms with Crippen molar-refractivity contribution in [1.82, 2.24) is 15.2 Å². The van der Waals surface area contributed by atoms with Crippen LogP contribution >= 0.6 is 11.8 Å². The topological polar surface area (TPSA) is 68.8 Å². The number of carbonyl (C=O) groups is 2. The van der Waals surface area contributed by atoms with Crippen molar-refractivity contribution < 1.29 is 22.8 Å². The number of rotatable bonds is 5. The van der Waals surface area contributed by atoms with Crippen molar-refractivity contribution in [3.05, 3.63) is 48.2 Å². The highest BCUT2D eigenvalue weighted by molar-refractivity contribution is 8.00. The van der Waals surface area contributed by atoms with Gasteiger partial charge in [-0.1, -0.05) is 0 Å². The summed E-state index contributed by atoms with van der Waals surface area (Å²) in [4.78, 5) is 35.5. The SMILES string of the molecule is CC1(C)C(=O)N(c2ccc(SC(F)(F)F)cc2)C(=O)N1Cc1ccnc(N2CCNCC2)c1. The average Bonchev–Trinajstić information content (AvgIpc) is 2.94. The summed E-state index contributed by atoms with van der Waals surface area (Å²) in [7, 11) is 0. The quantitative estimate of drug-likeness (QED) is 0.519. The molecule has 1 aromatic heterocycles. The van der Waals surface area contributed by atoms with Crippen LogP contribution in [0.1, 0.15) is 19.4 Å². The molecule has 176 valence electrons. The zero-order chi connectivity index (χ0) is 23.8. The number of halogens is 3. The summed E-state index contributed by atoms with van der Waals surface area (Å²) >= 11 is -0.244. The third-order valence-corrected chi connectivity index (χ3v) is 6.48. The van der Waals surface area contributed by atoms with Gasteiger partial charge in [-0.2, -0.15) is 13.2 Å². The predicted octanol–water partition coefficient (Wildman–Crippen LogP) is 3.85. The molecule has 0 bridgehead atoms. The number of thioether (sulfide) groups is 1. The minimum Gasteiger partial charge on any atom is -0.354 e. The van der Waals surface area contributed by atoms with E-state index in [-0.39, 0.29) is 28.9 Å². The van der Waals surface area contributed by atoms with E-state index in [1.807, 2.05) is 12.1 Å². The fourth-order valence-corrected chi connectivity index (χ4v) is 4.47. The van der Waals surface area contributed by atoms with E-state index in [9.17, 15) is 22.8 Å². The molecule has 0 spiro atoms. The molecule has 2 saturated heterocycles. The third kappa shape index (κ3) is 4.93. The minimum atomic E-state index is -4.41. The van der Waals surface area contributed by atoms with Gasteiger partial charge in [0.25, 0.3) is 5.91 Å². The number of imide groups is 1. The molecule has 2 aromatic rings. The van der Waals surface area contributed by atoms with Crippen LogP contribution in [0.3, 0.4) is 0 Å². The Morgan fingerprint density at radius 3 is 2.39 bits per heavy atom. The van der Waals surface area contributed by atoms with E-state index in [4.69, 9.17) is 0 Å². The molecule has 1 N–H and O–H groups in total. The largest absolute Gasteiger partial charge is 0.446 e. The summed E-state index contributed by atoms with van der Waals surface area (Å²) in [5.41, 5.74) is -4.45. The molecule has 1 aromatic carbocycles. The first-order chi connectivity index (χ1) is 15.6. The van der Waals surface area contributed by atoms with E-state index < -0.39 is 23.0 Å². The van der Waals surface area contributed by atoms with Crippen molar-refractivity contribution in [2.45, 2.75) is 36.3 Å². The lowest BCUT2D eigenvalue weighted by Crippen LogP contribution is -2.44. The molecule has 2 fully saturated rings. The van der Waals surface area contributed by atoms with Crippen molar-refractivity contribution in [3.63, 3.8) is 0 Å². The zero-order valence-corrected chi connectivity index (χ0v) is 19.0. The number of hydrogen-bond acceptors (Lipinski definition) is 6. The molecule has 0 radical (unpaired) electrons. The van der Waals surface area contributed by atoms with Crippen molar-refractivity contribution in [2.75, 3.05) is 36.0 Å². The van der Waals surface area contributed by atoms with Gasteiger partial charge in [-0.05, 0) is 67.6 Å². The maximum absolute atomic E-state index is 13.2. The monoisotopic (exact) mass is 479 g/mol. The molecule has 11 heteroatoms. The van der Waals surface area contributed by atoms with Gasteiger partial charge >= 0.3 is 11.5 Å². The average molecular weight is 480 g/mol. The van der Waals surface area contributed by atoms with Crippen LogP contribution < -0.4 is 15.1 Å². The lowest BCUT2D eigenvalue weighted by Gasteiger charge is -2.30. The van der Waals surface area contributed by atoms with Crippen LogP contribution in [-0.2, 0) is 11.3 Å². The van der Waals surface area contributed by atoms with Crippen LogP contribution in [0.4, 0.5) is 29.5 Å². The molecule has 0 unspecified atom stereocenters. The van der Waals surface area contributed by atoms with Crippen LogP contribution in [0.5, 0.6) is 0 Å². The van der Waals surface area contributed by atoms with Gasteiger partial charge in [0.1, 0.15) is 11.4 Å². The summed E-state index contributed by atoms with van der Waals surface area (Å²) in [5.74, 6) is 0.388. The Hall–Kier alpha value is -2.79. The minimum absolute atomic E-state index is 0.0151. The number of pyridine rings is 1. The van der Waals surface area contributed by atoms with E-state index in [0.29, 0.717) is 0 Å². The lowest BCUT2D eigenvalue weighted by molar-refractivity contribution is -0.123. The number of hydrogen-bond donors (Lipinski definition) is 1. The Morgan fingerprint density at radius 2 is 1.76 bits per heavy atom. The van der Waals surface area contributed by atoms with Gasteiger partial charge in [0, 0.05) is 43.8 Å². The van der Waals surface area contributed by atoms with E-state index in [1.54, 1.807) is 20.0 Å². The fraction of sp³-hybridized carbons (Fsp3) is 0.409. The molecular formula is C22H24F3N5O2S. The number of nitrogens with one attached hydrogen (secondary N) is 1. The van der Waals surface area contributed by atoms with Crippen molar-refractivity contribution in [2.24, 2.45) is 0 Å². The summed E-state index contributed by atoms with van der Waals surface area (Å²) in [5, 5.41) is 3.29. The Kier molecular flexibility index (Phi) is 6.28. The third-order valence-electron chi connectivity index (χ3n) is 5.74. The van der Waals surface area contributed by atoms with Crippen LogP contribution in [0.2, 0.25) is 0 Å². The second kappa shape index (κ2) is 8.86. The number of aromatic nitrogens is 1. The van der Waals surface area contributed by atoms with Crippen LogP contribution in [0, 0.1) is 0 Å². The molecule has 33 heavy (non-hydrogen) atoms. The Morgan fingerprint density at radius 1 is 1.09 bits per heavy atom. The Bertz CT molecular complexity index is 1040. The van der Waals surface area contributed by atoms with Gasteiger partial charge < -0.3 is 15.1 Å². The summed E-state index contributed by atoms with van der Waals surface area (Å²) in [6.45, 7) is 6.94. The van der Waals surface area contributed by atoms with Crippen LogP contribution in [0.25, 0.3) is 0 Å². The van der Waals surface area contributed by atoms with Gasteiger partial charge in [0.05, 0.1) is 5.69 Å². The highest BCUT2D eigenvalue weighted by Gasteiger charge is 2.51. The highest BCUT2D eigenvalue weighted by atomic mass is 32.2. The number of carbonyl (C=O) groups excluding carboxylic acids is 2. The molecule has 0 atom stereocenters. The van der Waals surface area contributed by atoms with E-state index >= 15 is 0 Å². The molecule has 0 aliphatic carbocycles. The molecule has 7 nitrogen and oxygen atoms in total. The standard InChI is InChI=1S/C22H24F3N5O2S/c1-21(2)19(31)30(16-3-5-17(6-4-16)33-22(23,24)25)20(32)29(21)14-15-7-8-27-18(13-15)28-11-9-26-10-12-28/h3-8,13,26H,9-12,14H2,1-2H3. The maximum Gasteiger partial charge on any atom is 0.446 e. The van der Waals surface area contributed by atoms with Crippen LogP contribution in [-0.4, -0.2) is 59.0 Å².